The predicted octanol–water partition coefficient (Wildman–Crippen LogP) is 3.75. The monoisotopic (exact) mass is 397 g/mol. The number of nitrogens with one attached hydrogen (secondary N) is 2. The summed E-state index contributed by atoms with van der Waals surface area (Å²) in [5.74, 6) is -0.00673. The third-order valence-corrected chi connectivity index (χ3v) is 6.29. The number of nitrogens with zero attached hydrogens (tertiary/aromatic N) is 1. The molecule has 1 aromatic carbocycles. The van der Waals surface area contributed by atoms with E-state index in [4.69, 9.17) is 16.1 Å². The smallest absolute Gasteiger partial charge is 0.271 e. The average molecular weight is 398 g/mol. The van der Waals surface area contributed by atoms with E-state index in [0.717, 1.165) is 11.3 Å². The molecule has 0 saturated carbocycles. The zero-order valence-electron chi connectivity index (χ0n) is 12.8. The van der Waals surface area contributed by atoms with Crippen LogP contribution in [0.15, 0.2) is 51.3 Å². The van der Waals surface area contributed by atoms with Gasteiger partial charge in [0.15, 0.2) is 0 Å². The van der Waals surface area contributed by atoms with Gasteiger partial charge in [0, 0.05) is 5.69 Å². The molecule has 0 radical (unpaired) electrons. The number of sulfonamides is 1. The number of aryl methyl sites for hydroxylation is 1. The standard InChI is InChI=1S/C15H12ClN3O4S2/c1-9-12(8-17-23-9)15(20)18-10-3-2-4-11(7-10)19-25(21,22)14-6-5-13(16)24-14/h2-8,19H,1H3,(H,18,20). The lowest BCUT2D eigenvalue weighted by atomic mass is 10.2. The molecule has 7 nitrogen and oxygen atoms in total. The molecule has 25 heavy (non-hydrogen) atoms. The number of carbonyl (C=O) groups excluding carboxylic acids is 1. The molecule has 1 amide bonds. The van der Waals surface area contributed by atoms with Crippen LogP contribution in [0.5, 0.6) is 0 Å². The Morgan fingerprint density at radius 1 is 1.24 bits per heavy atom. The Balaban J connectivity index is 1.78. The maximum Gasteiger partial charge on any atom is 0.271 e. The fourth-order valence-electron chi connectivity index (χ4n) is 2.02. The molecule has 0 bridgehead atoms. The zero-order chi connectivity index (χ0) is 18.0. The Morgan fingerprint density at radius 2 is 2.00 bits per heavy atom. The number of amides is 1. The number of hydrogen-bond donors (Lipinski definition) is 2. The van der Waals surface area contributed by atoms with Crippen molar-refractivity contribution in [1.29, 1.82) is 0 Å². The summed E-state index contributed by atoms with van der Waals surface area (Å²) in [6, 6.07) is 9.28. The van der Waals surface area contributed by atoms with E-state index in [2.05, 4.69) is 15.2 Å². The second kappa shape index (κ2) is 6.87. The van der Waals surface area contributed by atoms with Crippen LogP contribution >= 0.6 is 22.9 Å². The molecule has 10 heteroatoms. The lowest BCUT2D eigenvalue weighted by Crippen LogP contribution is -2.14. The van der Waals surface area contributed by atoms with Gasteiger partial charge >= 0.3 is 0 Å². The summed E-state index contributed by atoms with van der Waals surface area (Å²) in [7, 11) is -3.74. The maximum absolute atomic E-state index is 12.3. The Hall–Kier alpha value is -2.36. The first kappa shape index (κ1) is 17.5. The molecule has 130 valence electrons. The van der Waals surface area contributed by atoms with Gasteiger partial charge in [0.25, 0.3) is 15.9 Å². The van der Waals surface area contributed by atoms with Crippen molar-refractivity contribution in [2.75, 3.05) is 10.0 Å². The topological polar surface area (TPSA) is 101 Å². The molecule has 0 saturated heterocycles. The minimum atomic E-state index is -3.74. The van der Waals surface area contributed by atoms with Crippen LogP contribution in [0.4, 0.5) is 11.4 Å². The molecule has 2 aromatic heterocycles. The van der Waals surface area contributed by atoms with Gasteiger partial charge in [0.1, 0.15) is 15.5 Å². The van der Waals surface area contributed by atoms with E-state index in [1.807, 2.05) is 0 Å². The van der Waals surface area contributed by atoms with Crippen molar-refractivity contribution < 1.29 is 17.7 Å². The number of hydrogen-bond acceptors (Lipinski definition) is 6. The number of anilines is 2. The molecule has 0 fully saturated rings. The van der Waals surface area contributed by atoms with Gasteiger partial charge in [-0.25, -0.2) is 8.42 Å². The van der Waals surface area contributed by atoms with Gasteiger partial charge < -0.3 is 9.84 Å². The molecule has 0 aliphatic heterocycles. The maximum atomic E-state index is 12.3. The van der Waals surface area contributed by atoms with Gasteiger partial charge in [-0.2, -0.15) is 0 Å². The molecular weight excluding hydrogens is 386 g/mol. The fraction of sp³-hybridized carbons (Fsp3) is 0.0667. The summed E-state index contributed by atoms with van der Waals surface area (Å²) < 4.78 is 32.4. The van der Waals surface area contributed by atoms with Crippen LogP contribution in [0.3, 0.4) is 0 Å². The van der Waals surface area contributed by atoms with Crippen LogP contribution in [0, 0.1) is 6.92 Å². The molecule has 0 unspecified atom stereocenters. The van der Waals surface area contributed by atoms with Crippen LogP contribution < -0.4 is 10.0 Å². The third kappa shape index (κ3) is 4.01. The van der Waals surface area contributed by atoms with Crippen LogP contribution in [-0.2, 0) is 10.0 Å². The Bertz CT molecular complexity index is 1030. The minimum Gasteiger partial charge on any atom is -0.361 e. The highest BCUT2D eigenvalue weighted by Gasteiger charge is 2.17. The van der Waals surface area contributed by atoms with Crippen LogP contribution in [0.1, 0.15) is 16.1 Å². The summed E-state index contributed by atoms with van der Waals surface area (Å²) in [6.45, 7) is 1.62. The van der Waals surface area contributed by atoms with Gasteiger partial charge in [0.05, 0.1) is 16.2 Å². The molecule has 2 N–H and O–H groups in total. The highest BCUT2D eigenvalue weighted by atomic mass is 35.5. The summed E-state index contributed by atoms with van der Waals surface area (Å²) in [4.78, 5) is 12.2. The predicted molar refractivity (Wildman–Crippen MR) is 95.8 cm³/mol. The Kier molecular flexibility index (Phi) is 4.80. The van der Waals surface area contributed by atoms with Gasteiger partial charge in [0.2, 0.25) is 0 Å². The van der Waals surface area contributed by atoms with Crippen molar-refractivity contribution in [1.82, 2.24) is 5.16 Å². The average Bonchev–Trinajstić information content (AvgIpc) is 3.16. The molecule has 3 rings (SSSR count). The third-order valence-electron chi connectivity index (χ3n) is 3.18. The first-order valence-electron chi connectivity index (χ1n) is 6.96. The SMILES string of the molecule is Cc1oncc1C(=O)Nc1cccc(NS(=O)(=O)c2ccc(Cl)s2)c1. The van der Waals surface area contributed by atoms with Crippen molar-refractivity contribution in [2.24, 2.45) is 0 Å². The highest BCUT2D eigenvalue weighted by Crippen LogP contribution is 2.28. The fourth-order valence-corrected chi connectivity index (χ4v) is 4.56. The van der Waals surface area contributed by atoms with E-state index in [0.29, 0.717) is 27.0 Å². The quantitative estimate of drug-likeness (QED) is 0.682. The second-order valence-corrected chi connectivity index (χ2v) is 8.62. The first-order chi connectivity index (χ1) is 11.8. The number of aromatic nitrogens is 1. The van der Waals surface area contributed by atoms with E-state index in [9.17, 15) is 13.2 Å². The van der Waals surface area contributed by atoms with E-state index in [1.54, 1.807) is 25.1 Å². The molecular formula is C15H12ClN3O4S2. The second-order valence-electron chi connectivity index (χ2n) is 4.99. The number of rotatable bonds is 5. The number of halogens is 1. The van der Waals surface area contributed by atoms with Crippen molar-refractivity contribution >= 4 is 50.2 Å². The molecule has 0 atom stereocenters. The lowest BCUT2D eigenvalue weighted by molar-refractivity contribution is 0.102. The van der Waals surface area contributed by atoms with Crippen LogP contribution in [0.2, 0.25) is 4.34 Å². The highest BCUT2D eigenvalue weighted by molar-refractivity contribution is 7.94. The molecule has 3 aromatic rings. The van der Waals surface area contributed by atoms with E-state index in [1.165, 1.54) is 24.4 Å². The molecule has 0 spiro atoms. The van der Waals surface area contributed by atoms with Crippen molar-refractivity contribution in [3.05, 3.63) is 58.3 Å². The van der Waals surface area contributed by atoms with Gasteiger partial charge in [-0.05, 0) is 37.3 Å². The Labute approximate surface area is 152 Å². The Morgan fingerprint density at radius 3 is 2.64 bits per heavy atom. The van der Waals surface area contributed by atoms with Crippen LogP contribution in [0.25, 0.3) is 0 Å². The van der Waals surface area contributed by atoms with Gasteiger partial charge in [-0.3, -0.25) is 9.52 Å². The molecule has 0 aliphatic carbocycles. The van der Waals surface area contributed by atoms with E-state index in [-0.39, 0.29) is 4.21 Å². The van der Waals surface area contributed by atoms with Crippen LogP contribution in [-0.4, -0.2) is 19.5 Å². The lowest BCUT2D eigenvalue weighted by Gasteiger charge is -2.09. The normalized spacial score (nSPS) is 11.3. The zero-order valence-corrected chi connectivity index (χ0v) is 15.2. The molecule has 0 aliphatic rings. The minimum absolute atomic E-state index is 0.104. The first-order valence-corrected chi connectivity index (χ1v) is 9.64. The van der Waals surface area contributed by atoms with Crippen molar-refractivity contribution in [2.45, 2.75) is 11.1 Å². The number of thiophene rings is 1. The van der Waals surface area contributed by atoms with Crippen molar-refractivity contribution in [3.63, 3.8) is 0 Å². The summed E-state index contributed by atoms with van der Waals surface area (Å²) in [5.41, 5.74) is 1.04. The summed E-state index contributed by atoms with van der Waals surface area (Å²) in [6.07, 6.45) is 1.32. The number of carbonyl (C=O) groups is 1. The largest absolute Gasteiger partial charge is 0.361 e. The summed E-state index contributed by atoms with van der Waals surface area (Å²) >= 11 is 6.74. The van der Waals surface area contributed by atoms with Gasteiger partial charge in [-0.1, -0.05) is 22.8 Å². The van der Waals surface area contributed by atoms with E-state index < -0.39 is 15.9 Å². The van der Waals surface area contributed by atoms with Gasteiger partial charge in [-0.15, -0.1) is 11.3 Å². The summed E-state index contributed by atoms with van der Waals surface area (Å²) in [5, 5.41) is 6.21. The number of benzene rings is 1. The molecule has 2 heterocycles. The van der Waals surface area contributed by atoms with E-state index >= 15 is 0 Å². The van der Waals surface area contributed by atoms with Crippen molar-refractivity contribution in [3.8, 4) is 0 Å².